The average Bonchev–Trinajstić information content (AvgIpc) is 2.74. The van der Waals surface area contributed by atoms with Crippen LogP contribution in [0.25, 0.3) is 0 Å². The first-order chi connectivity index (χ1) is 6.76. The van der Waals surface area contributed by atoms with Gasteiger partial charge in [-0.1, -0.05) is 13.8 Å². The van der Waals surface area contributed by atoms with Gasteiger partial charge in [-0.25, -0.2) is 0 Å². The molecule has 0 saturated carbocycles. The van der Waals surface area contributed by atoms with Crippen molar-refractivity contribution in [2.45, 2.75) is 38.8 Å². The summed E-state index contributed by atoms with van der Waals surface area (Å²) in [5.74, 6) is 0. The van der Waals surface area contributed by atoms with Crippen molar-refractivity contribution in [2.24, 2.45) is 0 Å². The maximum Gasteiger partial charge on any atom is 0.0613 e. The molecule has 0 fully saturated rings. The molecule has 0 unspecified atom stereocenters. The molecule has 0 aliphatic heterocycles. The van der Waals surface area contributed by atoms with Crippen molar-refractivity contribution in [2.75, 3.05) is 6.61 Å². The second kappa shape index (κ2) is 5.17. The van der Waals surface area contributed by atoms with Crippen LogP contribution in [0.1, 0.15) is 32.4 Å². The molecule has 0 aromatic carbocycles. The van der Waals surface area contributed by atoms with Crippen LogP contribution in [0, 0.1) is 0 Å². The molecule has 0 atom stereocenters. The molecule has 0 aliphatic rings. The van der Waals surface area contributed by atoms with Crippen molar-refractivity contribution < 1.29 is 5.11 Å². The molecule has 0 radical (unpaired) electrons. The highest BCUT2D eigenvalue weighted by molar-refractivity contribution is 5.04. The lowest BCUT2D eigenvalue weighted by molar-refractivity contribution is 0.149. The van der Waals surface area contributed by atoms with Gasteiger partial charge in [-0.15, -0.1) is 0 Å². The Morgan fingerprint density at radius 3 is 2.57 bits per heavy atom. The minimum Gasteiger partial charge on any atom is -0.394 e. The molecule has 0 saturated heterocycles. The highest BCUT2D eigenvalue weighted by Crippen LogP contribution is 2.14. The molecule has 80 valence electrons. The zero-order valence-corrected chi connectivity index (χ0v) is 9.01. The summed E-state index contributed by atoms with van der Waals surface area (Å²) in [6, 6.07) is 4.02. The predicted molar refractivity (Wildman–Crippen MR) is 58.0 cm³/mol. The Morgan fingerprint density at radius 1 is 1.43 bits per heavy atom. The SMILES string of the molecule is CCC(CC)(CO)NCc1ccc[nH]1. The van der Waals surface area contributed by atoms with Crippen molar-refractivity contribution in [1.29, 1.82) is 0 Å². The van der Waals surface area contributed by atoms with E-state index in [4.69, 9.17) is 0 Å². The van der Waals surface area contributed by atoms with Gasteiger partial charge in [0.15, 0.2) is 0 Å². The van der Waals surface area contributed by atoms with E-state index >= 15 is 0 Å². The molecule has 3 N–H and O–H groups in total. The molecule has 3 heteroatoms. The Hall–Kier alpha value is -0.800. The molecule has 0 amide bonds. The summed E-state index contributed by atoms with van der Waals surface area (Å²) in [6.07, 6.45) is 3.80. The second-order valence-electron chi connectivity index (χ2n) is 3.69. The molecule has 1 heterocycles. The van der Waals surface area contributed by atoms with Crippen molar-refractivity contribution in [3.8, 4) is 0 Å². The maximum atomic E-state index is 9.33. The zero-order valence-electron chi connectivity index (χ0n) is 9.01. The number of nitrogens with one attached hydrogen (secondary N) is 2. The summed E-state index contributed by atoms with van der Waals surface area (Å²) in [6.45, 7) is 5.18. The van der Waals surface area contributed by atoms with E-state index in [0.29, 0.717) is 0 Å². The van der Waals surface area contributed by atoms with Crippen LogP contribution in [-0.2, 0) is 6.54 Å². The lowest BCUT2D eigenvalue weighted by atomic mass is 9.94. The number of H-pyrrole nitrogens is 1. The van der Waals surface area contributed by atoms with E-state index in [1.165, 1.54) is 0 Å². The monoisotopic (exact) mass is 196 g/mol. The molecular formula is C11H20N2O. The third-order valence-electron chi connectivity index (χ3n) is 2.97. The highest BCUT2D eigenvalue weighted by atomic mass is 16.3. The molecule has 0 bridgehead atoms. The zero-order chi connectivity index (χ0) is 10.4. The first-order valence-corrected chi connectivity index (χ1v) is 5.24. The van der Waals surface area contributed by atoms with E-state index in [0.717, 1.165) is 25.1 Å². The molecule has 1 rings (SSSR count). The van der Waals surface area contributed by atoms with Crippen molar-refractivity contribution >= 4 is 0 Å². The van der Waals surface area contributed by atoms with E-state index in [1.807, 2.05) is 18.3 Å². The van der Waals surface area contributed by atoms with E-state index < -0.39 is 0 Å². The molecule has 1 aromatic rings. The number of aromatic amines is 1. The van der Waals surface area contributed by atoms with Crippen molar-refractivity contribution in [3.63, 3.8) is 0 Å². The number of aromatic nitrogens is 1. The van der Waals surface area contributed by atoms with Crippen LogP contribution in [0.2, 0.25) is 0 Å². The molecule has 0 aliphatic carbocycles. The highest BCUT2D eigenvalue weighted by Gasteiger charge is 2.23. The van der Waals surface area contributed by atoms with Gasteiger partial charge >= 0.3 is 0 Å². The van der Waals surface area contributed by atoms with Crippen LogP contribution in [0.15, 0.2) is 18.3 Å². The predicted octanol–water partition coefficient (Wildman–Crippen LogP) is 1.66. The summed E-state index contributed by atoms with van der Waals surface area (Å²) >= 11 is 0. The third-order valence-corrected chi connectivity index (χ3v) is 2.97. The van der Waals surface area contributed by atoms with Gasteiger partial charge in [0.05, 0.1) is 6.61 Å². The fourth-order valence-corrected chi connectivity index (χ4v) is 1.54. The molecular weight excluding hydrogens is 176 g/mol. The summed E-state index contributed by atoms with van der Waals surface area (Å²) in [5.41, 5.74) is 1.04. The number of hydrogen-bond acceptors (Lipinski definition) is 2. The lowest BCUT2D eigenvalue weighted by Gasteiger charge is -2.30. The van der Waals surface area contributed by atoms with Crippen LogP contribution >= 0.6 is 0 Å². The first-order valence-electron chi connectivity index (χ1n) is 5.24. The van der Waals surface area contributed by atoms with Crippen LogP contribution in [0.5, 0.6) is 0 Å². The number of hydrogen-bond donors (Lipinski definition) is 3. The van der Waals surface area contributed by atoms with Crippen LogP contribution < -0.4 is 5.32 Å². The fourth-order valence-electron chi connectivity index (χ4n) is 1.54. The van der Waals surface area contributed by atoms with E-state index in [9.17, 15) is 5.11 Å². The minimum atomic E-state index is -0.120. The Kier molecular flexibility index (Phi) is 4.17. The normalized spacial score (nSPS) is 11.9. The van der Waals surface area contributed by atoms with Gasteiger partial charge in [-0.05, 0) is 25.0 Å². The summed E-state index contributed by atoms with van der Waals surface area (Å²) in [5, 5.41) is 12.7. The smallest absolute Gasteiger partial charge is 0.0613 e. The van der Waals surface area contributed by atoms with Crippen LogP contribution in [0.4, 0.5) is 0 Å². The number of aliphatic hydroxyl groups excluding tert-OH is 1. The van der Waals surface area contributed by atoms with E-state index in [-0.39, 0.29) is 12.1 Å². The first kappa shape index (κ1) is 11.3. The van der Waals surface area contributed by atoms with Crippen molar-refractivity contribution in [1.82, 2.24) is 10.3 Å². The van der Waals surface area contributed by atoms with Gasteiger partial charge in [-0.2, -0.15) is 0 Å². The summed E-state index contributed by atoms with van der Waals surface area (Å²) in [7, 11) is 0. The average molecular weight is 196 g/mol. The second-order valence-corrected chi connectivity index (χ2v) is 3.69. The Morgan fingerprint density at radius 2 is 2.14 bits per heavy atom. The van der Waals surface area contributed by atoms with Gasteiger partial charge in [0.1, 0.15) is 0 Å². The van der Waals surface area contributed by atoms with E-state index in [2.05, 4.69) is 24.1 Å². The van der Waals surface area contributed by atoms with Crippen LogP contribution in [-0.4, -0.2) is 22.2 Å². The number of rotatable bonds is 6. The topological polar surface area (TPSA) is 48.0 Å². The van der Waals surface area contributed by atoms with Gasteiger partial charge in [0, 0.05) is 24.0 Å². The van der Waals surface area contributed by atoms with Crippen LogP contribution in [0.3, 0.4) is 0 Å². The lowest BCUT2D eigenvalue weighted by Crippen LogP contribution is -2.47. The van der Waals surface area contributed by atoms with Gasteiger partial charge in [0.2, 0.25) is 0 Å². The third kappa shape index (κ3) is 2.59. The molecule has 1 aromatic heterocycles. The Labute approximate surface area is 85.5 Å². The summed E-state index contributed by atoms with van der Waals surface area (Å²) < 4.78 is 0. The van der Waals surface area contributed by atoms with Gasteiger partial charge < -0.3 is 15.4 Å². The fraction of sp³-hybridized carbons (Fsp3) is 0.636. The summed E-state index contributed by atoms with van der Waals surface area (Å²) in [4.78, 5) is 3.14. The van der Waals surface area contributed by atoms with Gasteiger partial charge in [-0.3, -0.25) is 0 Å². The minimum absolute atomic E-state index is 0.120. The van der Waals surface area contributed by atoms with Crippen molar-refractivity contribution in [3.05, 3.63) is 24.0 Å². The van der Waals surface area contributed by atoms with E-state index in [1.54, 1.807) is 0 Å². The molecule has 14 heavy (non-hydrogen) atoms. The maximum absolute atomic E-state index is 9.33. The molecule has 3 nitrogen and oxygen atoms in total. The molecule has 0 spiro atoms. The van der Waals surface area contributed by atoms with Gasteiger partial charge in [0.25, 0.3) is 0 Å². The quantitative estimate of drug-likeness (QED) is 0.648. The standard InChI is InChI=1S/C11H20N2O/c1-3-11(4-2,9-14)13-8-10-6-5-7-12-10/h5-7,12-14H,3-4,8-9H2,1-2H3. The Bertz CT molecular complexity index is 232. The number of aliphatic hydroxyl groups is 1. The largest absolute Gasteiger partial charge is 0.394 e. The Balaban J connectivity index is 2.48.